The summed E-state index contributed by atoms with van der Waals surface area (Å²) in [6, 6.07) is 20.2. The summed E-state index contributed by atoms with van der Waals surface area (Å²) >= 11 is 0. The van der Waals surface area contributed by atoms with Gasteiger partial charge in [0.15, 0.2) is 0 Å². The molecule has 1 atom stereocenters. The number of rotatable bonds is 2. The van der Waals surface area contributed by atoms with Crippen LogP contribution >= 0.6 is 0 Å². The first-order valence-corrected chi connectivity index (χ1v) is 10.5. The molecule has 4 aromatic rings. The van der Waals surface area contributed by atoms with E-state index in [1.54, 1.807) is 12.1 Å². The lowest BCUT2D eigenvalue weighted by molar-refractivity contribution is 0.193. The number of nitrogens with one attached hydrogen (secondary N) is 2. The molecule has 0 saturated heterocycles. The number of hydrogen-bond acceptors (Lipinski definition) is 1. The highest BCUT2D eigenvalue weighted by atomic mass is 19.1. The van der Waals surface area contributed by atoms with Gasteiger partial charge in [0.05, 0.1) is 6.04 Å². The molecule has 5 rings (SSSR count). The number of benzene rings is 3. The average molecular weight is 413 g/mol. The van der Waals surface area contributed by atoms with E-state index in [1.165, 1.54) is 23.1 Å². The number of H-pyrrole nitrogens is 1. The lowest BCUT2D eigenvalue weighted by Gasteiger charge is -2.36. The molecule has 2 N–H and O–H groups in total. The van der Waals surface area contributed by atoms with E-state index < -0.39 is 0 Å². The molecule has 0 saturated carbocycles. The Kier molecular flexibility index (Phi) is 4.74. The molecule has 1 aromatic heterocycles. The molecule has 1 aliphatic rings. The van der Waals surface area contributed by atoms with Gasteiger partial charge in [0.1, 0.15) is 5.82 Å². The number of para-hydroxylation sites is 1. The largest absolute Gasteiger partial charge is 0.356 e. The molecule has 0 radical (unpaired) electrons. The van der Waals surface area contributed by atoms with E-state index in [-0.39, 0.29) is 17.9 Å². The second-order valence-electron chi connectivity index (χ2n) is 8.21. The van der Waals surface area contributed by atoms with Crippen molar-refractivity contribution in [2.75, 3.05) is 11.9 Å². The molecule has 3 aromatic carbocycles. The molecule has 1 aliphatic heterocycles. The van der Waals surface area contributed by atoms with Crippen LogP contribution < -0.4 is 5.32 Å². The van der Waals surface area contributed by atoms with Gasteiger partial charge in [-0.15, -0.1) is 0 Å². The Bertz CT molecular complexity index is 1280. The van der Waals surface area contributed by atoms with Crippen LogP contribution in [0, 0.1) is 19.7 Å². The second kappa shape index (κ2) is 7.58. The molecular formula is C26H24FN3O. The van der Waals surface area contributed by atoms with E-state index in [2.05, 4.69) is 22.4 Å². The van der Waals surface area contributed by atoms with E-state index in [1.807, 2.05) is 49.1 Å². The van der Waals surface area contributed by atoms with Crippen molar-refractivity contribution in [3.05, 3.63) is 100 Å². The number of anilines is 1. The molecule has 156 valence electrons. The van der Waals surface area contributed by atoms with Gasteiger partial charge in [-0.2, -0.15) is 0 Å². The Hall–Kier alpha value is -3.60. The molecule has 0 fully saturated rings. The molecule has 1 unspecified atom stereocenters. The van der Waals surface area contributed by atoms with Crippen molar-refractivity contribution in [2.24, 2.45) is 0 Å². The molecule has 0 spiro atoms. The van der Waals surface area contributed by atoms with E-state index in [0.29, 0.717) is 6.54 Å². The molecule has 31 heavy (non-hydrogen) atoms. The Balaban J connectivity index is 1.58. The van der Waals surface area contributed by atoms with E-state index in [9.17, 15) is 9.18 Å². The predicted molar refractivity (Wildman–Crippen MR) is 122 cm³/mol. The molecule has 0 aliphatic carbocycles. The molecule has 0 bridgehead atoms. The number of halogens is 1. The molecular weight excluding hydrogens is 389 g/mol. The van der Waals surface area contributed by atoms with Crippen molar-refractivity contribution >= 4 is 22.6 Å². The van der Waals surface area contributed by atoms with Crippen LogP contribution in [0.2, 0.25) is 0 Å². The van der Waals surface area contributed by atoms with Crippen LogP contribution in [-0.4, -0.2) is 22.5 Å². The Morgan fingerprint density at radius 2 is 1.84 bits per heavy atom. The summed E-state index contributed by atoms with van der Waals surface area (Å²) in [7, 11) is 0. The predicted octanol–water partition coefficient (Wildman–Crippen LogP) is 6.10. The number of fused-ring (bicyclic) bond motifs is 3. The van der Waals surface area contributed by atoms with Crippen LogP contribution in [0.5, 0.6) is 0 Å². The summed E-state index contributed by atoms with van der Waals surface area (Å²) < 4.78 is 13.6. The Morgan fingerprint density at radius 3 is 2.65 bits per heavy atom. The maximum atomic E-state index is 13.6. The molecule has 2 amide bonds. The minimum atomic E-state index is -0.318. The fourth-order valence-electron chi connectivity index (χ4n) is 4.51. The summed E-state index contributed by atoms with van der Waals surface area (Å²) in [6.45, 7) is 4.57. The van der Waals surface area contributed by atoms with Crippen molar-refractivity contribution < 1.29 is 9.18 Å². The summed E-state index contributed by atoms with van der Waals surface area (Å²) in [5.74, 6) is -0.289. The number of amides is 2. The SMILES string of the molecule is Cc1ccc(C)c(NC(=O)N2CCc3c([nH]c4ccccc34)C2c2ccc(F)cc2)c1. The third-order valence-electron chi connectivity index (χ3n) is 6.12. The zero-order valence-electron chi connectivity index (χ0n) is 17.6. The third kappa shape index (κ3) is 3.46. The van der Waals surface area contributed by atoms with Crippen LogP contribution in [-0.2, 0) is 6.42 Å². The number of aromatic amines is 1. The lowest BCUT2D eigenvalue weighted by atomic mass is 9.92. The summed E-state index contributed by atoms with van der Waals surface area (Å²) in [5.41, 5.74) is 7.07. The normalized spacial score (nSPS) is 15.7. The van der Waals surface area contributed by atoms with Gasteiger partial charge in [0.2, 0.25) is 0 Å². The number of carbonyl (C=O) groups is 1. The first kappa shape index (κ1) is 19.4. The highest BCUT2D eigenvalue weighted by Crippen LogP contribution is 2.38. The lowest BCUT2D eigenvalue weighted by Crippen LogP contribution is -2.43. The molecule has 5 heteroatoms. The zero-order valence-corrected chi connectivity index (χ0v) is 17.6. The number of aryl methyl sites for hydroxylation is 2. The van der Waals surface area contributed by atoms with Gasteiger partial charge in [-0.3, -0.25) is 0 Å². The van der Waals surface area contributed by atoms with E-state index >= 15 is 0 Å². The van der Waals surface area contributed by atoms with Gasteiger partial charge in [0, 0.05) is 28.8 Å². The summed E-state index contributed by atoms with van der Waals surface area (Å²) in [6.07, 6.45) is 0.761. The minimum Gasteiger partial charge on any atom is -0.356 e. The minimum absolute atomic E-state index is 0.160. The van der Waals surface area contributed by atoms with Crippen LogP contribution in [0.4, 0.5) is 14.9 Å². The smallest absolute Gasteiger partial charge is 0.322 e. The van der Waals surface area contributed by atoms with Crippen molar-refractivity contribution in [1.82, 2.24) is 9.88 Å². The molecule has 2 heterocycles. The maximum absolute atomic E-state index is 13.6. The zero-order chi connectivity index (χ0) is 21.5. The van der Waals surface area contributed by atoms with Gasteiger partial charge in [-0.05, 0) is 66.8 Å². The number of aromatic nitrogens is 1. The maximum Gasteiger partial charge on any atom is 0.322 e. The van der Waals surface area contributed by atoms with Gasteiger partial charge in [-0.25, -0.2) is 9.18 Å². The van der Waals surface area contributed by atoms with Crippen LogP contribution in [0.3, 0.4) is 0 Å². The van der Waals surface area contributed by atoms with Gasteiger partial charge >= 0.3 is 6.03 Å². The second-order valence-corrected chi connectivity index (χ2v) is 8.21. The third-order valence-corrected chi connectivity index (χ3v) is 6.12. The molecule has 4 nitrogen and oxygen atoms in total. The van der Waals surface area contributed by atoms with Crippen LogP contribution in [0.25, 0.3) is 10.9 Å². The van der Waals surface area contributed by atoms with Gasteiger partial charge < -0.3 is 15.2 Å². The van der Waals surface area contributed by atoms with Crippen molar-refractivity contribution in [3.8, 4) is 0 Å². The number of carbonyl (C=O) groups excluding carboxylic acids is 1. The monoisotopic (exact) mass is 413 g/mol. The Labute approximate surface area is 180 Å². The first-order valence-electron chi connectivity index (χ1n) is 10.5. The topological polar surface area (TPSA) is 48.1 Å². The van der Waals surface area contributed by atoms with Crippen LogP contribution in [0.15, 0.2) is 66.7 Å². The van der Waals surface area contributed by atoms with E-state index in [4.69, 9.17) is 0 Å². The van der Waals surface area contributed by atoms with Gasteiger partial charge in [0.25, 0.3) is 0 Å². The van der Waals surface area contributed by atoms with Gasteiger partial charge in [-0.1, -0.05) is 42.5 Å². The number of nitrogens with zero attached hydrogens (tertiary/aromatic N) is 1. The Morgan fingerprint density at radius 1 is 1.06 bits per heavy atom. The average Bonchev–Trinajstić information content (AvgIpc) is 3.15. The fourth-order valence-corrected chi connectivity index (χ4v) is 4.51. The van der Waals surface area contributed by atoms with Crippen LogP contribution in [0.1, 0.15) is 34.0 Å². The summed E-state index contributed by atoms with van der Waals surface area (Å²) in [4.78, 5) is 18.8. The van der Waals surface area contributed by atoms with E-state index in [0.717, 1.165) is 40.0 Å². The number of urea groups is 1. The first-order chi connectivity index (χ1) is 15.0. The summed E-state index contributed by atoms with van der Waals surface area (Å²) in [5, 5.41) is 4.28. The fraction of sp³-hybridized carbons (Fsp3) is 0.192. The standard InChI is InChI=1S/C26H24FN3O/c1-16-7-8-17(2)23(15-16)29-26(31)30-14-13-21-20-5-3-4-6-22(20)28-24(21)25(30)18-9-11-19(27)12-10-18/h3-12,15,25,28H,13-14H2,1-2H3,(H,29,31). The van der Waals surface area contributed by atoms with Crippen molar-refractivity contribution in [1.29, 1.82) is 0 Å². The van der Waals surface area contributed by atoms with Crippen molar-refractivity contribution in [3.63, 3.8) is 0 Å². The number of hydrogen-bond donors (Lipinski definition) is 2. The van der Waals surface area contributed by atoms with Crippen molar-refractivity contribution in [2.45, 2.75) is 26.3 Å². The highest BCUT2D eigenvalue weighted by Gasteiger charge is 2.34. The quantitative estimate of drug-likeness (QED) is 0.410. The highest BCUT2D eigenvalue weighted by molar-refractivity contribution is 5.92.